The summed E-state index contributed by atoms with van der Waals surface area (Å²) in [6.45, 7) is 5.27. The van der Waals surface area contributed by atoms with Gasteiger partial charge in [0.05, 0.1) is 9.92 Å². The Morgan fingerprint density at radius 2 is 1.78 bits per heavy atom. The van der Waals surface area contributed by atoms with E-state index in [4.69, 9.17) is 16.0 Å². The third-order valence-corrected chi connectivity index (χ3v) is 5.91. The fraction of sp³-hybridized carbons (Fsp3) is 0.211. The standard InChI is InChI=1S/C19H19ClN2O4S/c1-11(2)22-27(24,25)14-9-7-13(8-10-14)21-19(23)17-12(3)15-5-4-6-16(20)18(15)26-17/h4-11,22H,1-3H3,(H,21,23). The van der Waals surface area contributed by atoms with E-state index >= 15 is 0 Å². The number of carbonyl (C=O) groups excluding carboxylic acids is 1. The quantitative estimate of drug-likeness (QED) is 0.659. The molecule has 0 saturated carbocycles. The first-order valence-electron chi connectivity index (χ1n) is 8.30. The lowest BCUT2D eigenvalue weighted by atomic mass is 10.1. The summed E-state index contributed by atoms with van der Waals surface area (Å²) in [5, 5.41) is 3.91. The molecule has 2 N–H and O–H groups in total. The summed E-state index contributed by atoms with van der Waals surface area (Å²) in [7, 11) is -3.58. The van der Waals surface area contributed by atoms with Gasteiger partial charge in [0, 0.05) is 22.7 Å². The fourth-order valence-electron chi connectivity index (χ4n) is 2.71. The van der Waals surface area contributed by atoms with Crippen molar-refractivity contribution in [2.45, 2.75) is 31.7 Å². The van der Waals surface area contributed by atoms with Crippen molar-refractivity contribution in [1.82, 2.24) is 4.72 Å². The van der Waals surface area contributed by atoms with Crippen LogP contribution in [0.2, 0.25) is 5.02 Å². The number of benzene rings is 2. The van der Waals surface area contributed by atoms with Crippen LogP contribution in [-0.2, 0) is 10.0 Å². The molecule has 8 heteroatoms. The molecule has 2 aromatic carbocycles. The maximum absolute atomic E-state index is 12.6. The molecule has 0 aliphatic rings. The van der Waals surface area contributed by atoms with Crippen LogP contribution in [0.25, 0.3) is 11.0 Å². The molecular weight excluding hydrogens is 388 g/mol. The molecule has 1 amide bonds. The number of para-hydroxylation sites is 1. The van der Waals surface area contributed by atoms with E-state index in [1.54, 1.807) is 32.9 Å². The molecule has 1 heterocycles. The maximum Gasteiger partial charge on any atom is 0.291 e. The highest BCUT2D eigenvalue weighted by Gasteiger charge is 2.20. The zero-order valence-electron chi connectivity index (χ0n) is 15.0. The lowest BCUT2D eigenvalue weighted by Crippen LogP contribution is -2.30. The highest BCUT2D eigenvalue weighted by Crippen LogP contribution is 2.31. The molecule has 0 radical (unpaired) electrons. The van der Waals surface area contributed by atoms with Crippen LogP contribution in [0.1, 0.15) is 30.0 Å². The molecule has 1 aromatic heterocycles. The third-order valence-electron chi connectivity index (χ3n) is 3.94. The van der Waals surface area contributed by atoms with E-state index in [9.17, 15) is 13.2 Å². The Bertz CT molecular complexity index is 1100. The van der Waals surface area contributed by atoms with E-state index in [2.05, 4.69) is 10.0 Å². The van der Waals surface area contributed by atoms with Crippen molar-refractivity contribution in [3.8, 4) is 0 Å². The topological polar surface area (TPSA) is 88.4 Å². The zero-order chi connectivity index (χ0) is 19.8. The number of amides is 1. The second-order valence-corrected chi connectivity index (χ2v) is 8.55. The Balaban J connectivity index is 1.83. The van der Waals surface area contributed by atoms with Gasteiger partial charge in [-0.15, -0.1) is 0 Å². The number of aryl methyl sites for hydroxylation is 1. The highest BCUT2D eigenvalue weighted by molar-refractivity contribution is 7.89. The predicted octanol–water partition coefficient (Wildman–Crippen LogP) is 4.33. The minimum atomic E-state index is -3.58. The second-order valence-electron chi connectivity index (χ2n) is 6.43. The van der Waals surface area contributed by atoms with Crippen molar-refractivity contribution in [2.24, 2.45) is 0 Å². The van der Waals surface area contributed by atoms with Gasteiger partial charge in [-0.1, -0.05) is 23.7 Å². The molecule has 0 fully saturated rings. The van der Waals surface area contributed by atoms with E-state index in [1.807, 2.05) is 6.07 Å². The summed E-state index contributed by atoms with van der Waals surface area (Å²) in [6, 6.07) is 11.0. The number of sulfonamides is 1. The van der Waals surface area contributed by atoms with Crippen LogP contribution >= 0.6 is 11.6 Å². The molecule has 0 unspecified atom stereocenters. The average molecular weight is 407 g/mol. The van der Waals surface area contributed by atoms with E-state index in [0.29, 0.717) is 21.9 Å². The van der Waals surface area contributed by atoms with Crippen molar-refractivity contribution in [1.29, 1.82) is 0 Å². The molecule has 3 aromatic rings. The molecule has 0 aliphatic heterocycles. The molecule has 0 spiro atoms. The smallest absolute Gasteiger partial charge is 0.291 e. The SMILES string of the molecule is Cc1c(C(=O)Nc2ccc(S(=O)(=O)NC(C)C)cc2)oc2c(Cl)cccc12. The summed E-state index contributed by atoms with van der Waals surface area (Å²) in [6.07, 6.45) is 0. The van der Waals surface area contributed by atoms with Crippen molar-refractivity contribution in [3.63, 3.8) is 0 Å². The molecule has 142 valence electrons. The normalized spacial score (nSPS) is 11.9. The Kier molecular flexibility index (Phi) is 5.28. The Morgan fingerprint density at radius 1 is 1.11 bits per heavy atom. The van der Waals surface area contributed by atoms with E-state index < -0.39 is 15.9 Å². The van der Waals surface area contributed by atoms with Crippen LogP contribution < -0.4 is 10.0 Å². The predicted molar refractivity (Wildman–Crippen MR) is 106 cm³/mol. The fourth-order valence-corrected chi connectivity index (χ4v) is 4.17. The molecule has 3 rings (SSSR count). The minimum absolute atomic E-state index is 0.126. The summed E-state index contributed by atoms with van der Waals surface area (Å²) in [5.41, 5.74) is 1.60. The van der Waals surface area contributed by atoms with Crippen LogP contribution in [0.3, 0.4) is 0 Å². The first-order chi connectivity index (χ1) is 12.7. The second kappa shape index (κ2) is 7.34. The van der Waals surface area contributed by atoms with E-state index in [1.165, 1.54) is 24.3 Å². The number of hydrogen-bond acceptors (Lipinski definition) is 4. The first kappa shape index (κ1) is 19.4. The Morgan fingerprint density at radius 3 is 2.37 bits per heavy atom. The zero-order valence-corrected chi connectivity index (χ0v) is 16.6. The number of carbonyl (C=O) groups is 1. The summed E-state index contributed by atoms with van der Waals surface area (Å²) >= 11 is 6.11. The Labute approximate surface area is 162 Å². The van der Waals surface area contributed by atoms with Gasteiger partial charge in [-0.05, 0) is 51.1 Å². The van der Waals surface area contributed by atoms with E-state index in [-0.39, 0.29) is 16.7 Å². The monoisotopic (exact) mass is 406 g/mol. The third kappa shape index (κ3) is 4.00. The van der Waals surface area contributed by atoms with Gasteiger partial charge in [0.2, 0.25) is 10.0 Å². The summed E-state index contributed by atoms with van der Waals surface area (Å²) in [5.74, 6) is -0.271. The van der Waals surface area contributed by atoms with Gasteiger partial charge < -0.3 is 9.73 Å². The van der Waals surface area contributed by atoms with Crippen LogP contribution in [0, 0.1) is 6.92 Å². The number of hydrogen-bond donors (Lipinski definition) is 2. The van der Waals surface area contributed by atoms with Gasteiger partial charge in [-0.25, -0.2) is 13.1 Å². The minimum Gasteiger partial charge on any atom is -0.449 e. The van der Waals surface area contributed by atoms with E-state index in [0.717, 1.165) is 5.39 Å². The van der Waals surface area contributed by atoms with Gasteiger partial charge >= 0.3 is 0 Å². The maximum atomic E-state index is 12.6. The lowest BCUT2D eigenvalue weighted by molar-refractivity contribution is 0.0998. The van der Waals surface area contributed by atoms with Crippen molar-refractivity contribution >= 4 is 44.2 Å². The van der Waals surface area contributed by atoms with Crippen molar-refractivity contribution in [2.75, 3.05) is 5.32 Å². The van der Waals surface area contributed by atoms with Gasteiger partial charge in [0.25, 0.3) is 5.91 Å². The molecule has 6 nitrogen and oxygen atoms in total. The lowest BCUT2D eigenvalue weighted by Gasteiger charge is -2.10. The molecule has 0 atom stereocenters. The number of furan rings is 1. The van der Waals surface area contributed by atoms with Crippen LogP contribution in [-0.4, -0.2) is 20.4 Å². The first-order valence-corrected chi connectivity index (χ1v) is 10.2. The molecule has 0 aliphatic carbocycles. The number of nitrogens with one attached hydrogen (secondary N) is 2. The largest absolute Gasteiger partial charge is 0.449 e. The number of anilines is 1. The van der Waals surface area contributed by atoms with Crippen molar-refractivity contribution in [3.05, 3.63) is 58.8 Å². The number of rotatable bonds is 5. The highest BCUT2D eigenvalue weighted by atomic mass is 35.5. The van der Waals surface area contributed by atoms with Crippen LogP contribution in [0.4, 0.5) is 5.69 Å². The van der Waals surface area contributed by atoms with Crippen molar-refractivity contribution < 1.29 is 17.6 Å². The van der Waals surface area contributed by atoms with Gasteiger partial charge in [-0.3, -0.25) is 4.79 Å². The molecule has 0 saturated heterocycles. The molecule has 27 heavy (non-hydrogen) atoms. The van der Waals surface area contributed by atoms with Crippen LogP contribution in [0.15, 0.2) is 51.8 Å². The van der Waals surface area contributed by atoms with Gasteiger partial charge in [0.15, 0.2) is 11.3 Å². The number of halogens is 1. The van der Waals surface area contributed by atoms with Gasteiger partial charge in [-0.2, -0.15) is 0 Å². The van der Waals surface area contributed by atoms with Gasteiger partial charge in [0.1, 0.15) is 0 Å². The Hall–Kier alpha value is -2.35. The summed E-state index contributed by atoms with van der Waals surface area (Å²) < 4.78 is 32.4. The average Bonchev–Trinajstić information content (AvgIpc) is 2.93. The number of fused-ring (bicyclic) bond motifs is 1. The van der Waals surface area contributed by atoms with Crippen LogP contribution in [0.5, 0.6) is 0 Å². The summed E-state index contributed by atoms with van der Waals surface area (Å²) in [4.78, 5) is 12.7. The molecule has 0 bridgehead atoms. The molecular formula is C19H19ClN2O4S.